The minimum absolute atomic E-state index is 0.0119. The lowest BCUT2D eigenvalue weighted by Gasteiger charge is -2.42. The van der Waals surface area contributed by atoms with E-state index in [1.54, 1.807) is 0 Å². The van der Waals surface area contributed by atoms with Gasteiger partial charge in [0, 0.05) is 17.6 Å². The monoisotopic (exact) mass is 362 g/mol. The van der Waals surface area contributed by atoms with Crippen molar-refractivity contribution in [3.63, 3.8) is 0 Å². The highest BCUT2D eigenvalue weighted by Crippen LogP contribution is 2.47. The van der Waals surface area contributed by atoms with E-state index in [1.165, 1.54) is 0 Å². The third-order valence-electron chi connectivity index (χ3n) is 5.41. The third kappa shape index (κ3) is 3.25. The number of carbonyl (C=O) groups excluding carboxylic acids is 2. The summed E-state index contributed by atoms with van der Waals surface area (Å²) in [4.78, 5) is 28.6. The normalized spacial score (nSPS) is 21.9. The molecule has 1 aliphatic heterocycles. The second-order valence-electron chi connectivity index (χ2n) is 8.03. The minimum atomic E-state index is -0.399. The zero-order chi connectivity index (χ0) is 19.1. The van der Waals surface area contributed by atoms with Crippen LogP contribution in [0.2, 0.25) is 0 Å². The van der Waals surface area contributed by atoms with Gasteiger partial charge in [0.2, 0.25) is 5.91 Å². The lowest BCUT2D eigenvalue weighted by molar-refractivity contribution is -0.124. The number of fused-ring (bicyclic) bond motifs is 1. The van der Waals surface area contributed by atoms with Crippen molar-refractivity contribution in [1.82, 2.24) is 10.2 Å². The lowest BCUT2D eigenvalue weighted by atomic mass is 9.78. The fourth-order valence-electron chi connectivity index (χ4n) is 4.17. The van der Waals surface area contributed by atoms with Crippen molar-refractivity contribution in [2.75, 3.05) is 0 Å². The highest BCUT2D eigenvalue weighted by atomic mass is 16.2. The van der Waals surface area contributed by atoms with Gasteiger partial charge < -0.3 is 10.2 Å². The van der Waals surface area contributed by atoms with Crippen LogP contribution in [0.5, 0.6) is 0 Å². The molecule has 4 heteroatoms. The summed E-state index contributed by atoms with van der Waals surface area (Å²) in [6, 6.07) is 15.8. The molecule has 0 spiro atoms. The van der Waals surface area contributed by atoms with Gasteiger partial charge in [-0.15, -0.1) is 0 Å². The first kappa shape index (κ1) is 17.8. The maximum Gasteiger partial charge on any atom is 0.254 e. The number of hydrogen-bond donors (Lipinski definition) is 1. The molecule has 1 aliphatic carbocycles. The van der Waals surface area contributed by atoms with E-state index in [4.69, 9.17) is 0 Å². The Morgan fingerprint density at radius 3 is 2.52 bits per heavy atom. The van der Waals surface area contributed by atoms with Crippen LogP contribution in [0, 0.1) is 6.92 Å². The molecule has 2 amide bonds. The van der Waals surface area contributed by atoms with E-state index in [0.717, 1.165) is 29.5 Å². The Morgan fingerprint density at radius 1 is 1.11 bits per heavy atom. The summed E-state index contributed by atoms with van der Waals surface area (Å²) >= 11 is 0. The van der Waals surface area contributed by atoms with Gasteiger partial charge in [-0.2, -0.15) is 0 Å². The van der Waals surface area contributed by atoms with E-state index in [1.807, 2.05) is 68.1 Å². The molecule has 1 heterocycles. The van der Waals surface area contributed by atoms with Crippen LogP contribution in [0.1, 0.15) is 65.7 Å². The summed E-state index contributed by atoms with van der Waals surface area (Å²) in [6.07, 6.45) is 2.02. The van der Waals surface area contributed by atoms with Crippen molar-refractivity contribution >= 4 is 11.8 Å². The molecule has 0 saturated heterocycles. The molecule has 27 heavy (non-hydrogen) atoms. The van der Waals surface area contributed by atoms with Crippen LogP contribution in [-0.4, -0.2) is 28.8 Å². The number of benzene rings is 2. The topological polar surface area (TPSA) is 49.4 Å². The molecular weight excluding hydrogens is 336 g/mol. The quantitative estimate of drug-likeness (QED) is 0.895. The van der Waals surface area contributed by atoms with Crippen molar-refractivity contribution in [2.24, 2.45) is 0 Å². The molecule has 0 bridgehead atoms. The van der Waals surface area contributed by atoms with Gasteiger partial charge in [0.25, 0.3) is 5.91 Å². The fourth-order valence-corrected chi connectivity index (χ4v) is 4.17. The van der Waals surface area contributed by atoms with Gasteiger partial charge >= 0.3 is 0 Å². The summed E-state index contributed by atoms with van der Waals surface area (Å²) in [6.45, 7) is 5.99. The highest BCUT2D eigenvalue weighted by Gasteiger charge is 2.49. The molecule has 2 aromatic rings. The van der Waals surface area contributed by atoms with Crippen LogP contribution >= 0.6 is 0 Å². The van der Waals surface area contributed by atoms with Crippen LogP contribution in [0.15, 0.2) is 48.5 Å². The summed E-state index contributed by atoms with van der Waals surface area (Å²) in [5.74, 6) is -0.362. The molecule has 1 saturated carbocycles. The van der Waals surface area contributed by atoms with Crippen LogP contribution in [-0.2, 0) is 4.79 Å². The van der Waals surface area contributed by atoms with E-state index in [0.29, 0.717) is 5.56 Å². The Morgan fingerprint density at radius 2 is 1.85 bits per heavy atom. The molecule has 140 valence electrons. The molecule has 0 aromatic heterocycles. The predicted molar refractivity (Wildman–Crippen MR) is 106 cm³/mol. The van der Waals surface area contributed by atoms with Gasteiger partial charge in [0.1, 0.15) is 0 Å². The number of hydrogen-bond acceptors (Lipinski definition) is 2. The molecule has 2 atom stereocenters. The van der Waals surface area contributed by atoms with Crippen molar-refractivity contribution in [3.05, 3.63) is 70.8 Å². The summed E-state index contributed by atoms with van der Waals surface area (Å²) < 4.78 is 0. The first-order valence-electron chi connectivity index (χ1n) is 9.76. The van der Waals surface area contributed by atoms with Crippen molar-refractivity contribution in [1.29, 1.82) is 0 Å². The lowest BCUT2D eigenvalue weighted by Crippen LogP contribution is -2.49. The van der Waals surface area contributed by atoms with E-state index in [2.05, 4.69) is 11.4 Å². The minimum Gasteiger partial charge on any atom is -0.353 e. The maximum absolute atomic E-state index is 13.4. The second-order valence-corrected chi connectivity index (χ2v) is 8.03. The Balaban J connectivity index is 1.90. The number of nitrogens with one attached hydrogen (secondary N) is 1. The molecule has 4 nitrogen and oxygen atoms in total. The van der Waals surface area contributed by atoms with Crippen molar-refractivity contribution < 1.29 is 9.59 Å². The SMILES string of the molecule is Cc1cccc([C@@H]2[C@@H](C(=O)NC(C)C)c3ccccc3C(=O)N2C2CC2)c1. The van der Waals surface area contributed by atoms with Gasteiger partial charge in [-0.1, -0.05) is 48.0 Å². The van der Waals surface area contributed by atoms with Crippen molar-refractivity contribution in [3.8, 4) is 0 Å². The van der Waals surface area contributed by atoms with Crippen LogP contribution in [0.4, 0.5) is 0 Å². The third-order valence-corrected chi connectivity index (χ3v) is 5.41. The first-order valence-corrected chi connectivity index (χ1v) is 9.76. The molecule has 1 fully saturated rings. The first-order chi connectivity index (χ1) is 13.0. The van der Waals surface area contributed by atoms with Crippen LogP contribution in [0.25, 0.3) is 0 Å². The second kappa shape index (κ2) is 6.84. The van der Waals surface area contributed by atoms with E-state index in [-0.39, 0.29) is 29.9 Å². The smallest absolute Gasteiger partial charge is 0.254 e. The number of rotatable bonds is 4. The Labute approximate surface area is 160 Å². The van der Waals surface area contributed by atoms with E-state index >= 15 is 0 Å². The summed E-state index contributed by atoms with van der Waals surface area (Å²) in [5, 5.41) is 3.09. The Hall–Kier alpha value is -2.62. The van der Waals surface area contributed by atoms with E-state index < -0.39 is 5.92 Å². The van der Waals surface area contributed by atoms with Crippen LogP contribution < -0.4 is 5.32 Å². The zero-order valence-corrected chi connectivity index (χ0v) is 16.1. The highest BCUT2D eigenvalue weighted by molar-refractivity contribution is 6.01. The molecule has 0 unspecified atom stereocenters. The van der Waals surface area contributed by atoms with Gasteiger partial charge in [0.15, 0.2) is 0 Å². The molecule has 2 aromatic carbocycles. The summed E-state index contributed by atoms with van der Waals surface area (Å²) in [5.41, 5.74) is 3.67. The molecule has 0 radical (unpaired) electrons. The molecular formula is C23H26N2O2. The molecule has 2 aliphatic rings. The van der Waals surface area contributed by atoms with E-state index in [9.17, 15) is 9.59 Å². The maximum atomic E-state index is 13.4. The average molecular weight is 362 g/mol. The largest absolute Gasteiger partial charge is 0.353 e. The zero-order valence-electron chi connectivity index (χ0n) is 16.1. The average Bonchev–Trinajstić information content (AvgIpc) is 3.45. The van der Waals surface area contributed by atoms with Gasteiger partial charge in [-0.25, -0.2) is 0 Å². The number of aryl methyl sites for hydroxylation is 1. The summed E-state index contributed by atoms with van der Waals surface area (Å²) in [7, 11) is 0. The van der Waals surface area contributed by atoms with Gasteiger partial charge in [0.05, 0.1) is 12.0 Å². The fraction of sp³-hybridized carbons (Fsp3) is 0.391. The van der Waals surface area contributed by atoms with Gasteiger partial charge in [-0.3, -0.25) is 9.59 Å². The Bertz CT molecular complexity index is 885. The standard InChI is InChI=1S/C23H26N2O2/c1-14(2)24-22(26)20-18-9-4-5-10-19(18)23(27)25(17-11-12-17)21(20)16-8-6-7-15(3)13-16/h4-10,13-14,17,20-21H,11-12H2,1-3H3,(H,24,26)/t20-,21+/m0/s1. The molecule has 1 N–H and O–H groups in total. The van der Waals surface area contributed by atoms with Crippen molar-refractivity contribution in [2.45, 2.75) is 57.7 Å². The number of carbonyl (C=O) groups is 2. The Kier molecular flexibility index (Phi) is 4.50. The number of nitrogens with zero attached hydrogens (tertiary/aromatic N) is 1. The van der Waals surface area contributed by atoms with Gasteiger partial charge in [-0.05, 0) is 50.8 Å². The predicted octanol–water partition coefficient (Wildman–Crippen LogP) is 3.96. The van der Waals surface area contributed by atoms with Crippen LogP contribution in [0.3, 0.4) is 0 Å². The number of amides is 2. The molecule has 4 rings (SSSR count).